The Morgan fingerprint density at radius 1 is 1.45 bits per heavy atom. The summed E-state index contributed by atoms with van der Waals surface area (Å²) in [5.74, 6) is -0.246. The first-order chi connectivity index (χ1) is 9.49. The van der Waals surface area contributed by atoms with Crippen LogP contribution < -0.4 is 10.2 Å². The zero-order valence-electron chi connectivity index (χ0n) is 11.1. The minimum absolute atomic E-state index is 0.167. The molecule has 8 heteroatoms. The molecule has 1 aromatic carbocycles. The van der Waals surface area contributed by atoms with E-state index in [2.05, 4.69) is 20.0 Å². The number of carbonyl (C=O) groups is 1. The molecule has 1 heterocycles. The molecule has 0 fully saturated rings. The lowest BCUT2D eigenvalue weighted by Crippen LogP contribution is -2.34. The molecule has 20 heavy (non-hydrogen) atoms. The third-order valence-corrected chi connectivity index (χ3v) is 4.24. The monoisotopic (exact) mass is 297 g/mol. The Balaban J connectivity index is 2.39. The van der Waals surface area contributed by atoms with Gasteiger partial charge in [-0.3, -0.25) is 19.3 Å². The van der Waals surface area contributed by atoms with Crippen molar-refractivity contribution in [1.29, 1.82) is 0 Å². The van der Waals surface area contributed by atoms with Gasteiger partial charge in [-0.15, -0.1) is 0 Å². The topological polar surface area (TPSA) is 96.9 Å². The van der Waals surface area contributed by atoms with E-state index in [1.54, 1.807) is 25.1 Å². The van der Waals surface area contributed by atoms with Crippen molar-refractivity contribution in [1.82, 2.24) is 10.2 Å². The summed E-state index contributed by atoms with van der Waals surface area (Å²) in [5, 5.41) is 0. The Hall–Kier alpha value is -1.93. The third-order valence-electron chi connectivity index (χ3n) is 2.84. The van der Waals surface area contributed by atoms with Crippen LogP contribution >= 0.6 is 0 Å². The number of hydrogen-bond acceptors (Lipinski definition) is 5. The Morgan fingerprint density at radius 3 is 2.80 bits per heavy atom. The minimum Gasteiger partial charge on any atom is -0.277 e. The van der Waals surface area contributed by atoms with Gasteiger partial charge in [0.2, 0.25) is 0 Å². The van der Waals surface area contributed by atoms with Gasteiger partial charge in [0.05, 0.1) is 12.0 Å². The van der Waals surface area contributed by atoms with Crippen LogP contribution in [0.3, 0.4) is 0 Å². The zero-order chi connectivity index (χ0) is 14.8. The number of aliphatic imine (C=N–C) groups is 1. The maximum Gasteiger partial charge on any atom is 0.268 e. The highest BCUT2D eigenvalue weighted by molar-refractivity contribution is 7.90. The van der Waals surface area contributed by atoms with Gasteiger partial charge in [0.15, 0.2) is 0 Å². The maximum absolute atomic E-state index is 11.9. The highest BCUT2D eigenvalue weighted by Gasteiger charge is 2.31. The van der Waals surface area contributed by atoms with E-state index in [-0.39, 0.29) is 10.7 Å². The normalized spacial score (nSPS) is 19.2. The second-order valence-electron chi connectivity index (χ2n) is 4.17. The van der Waals surface area contributed by atoms with Crippen LogP contribution in [-0.4, -0.2) is 33.3 Å². The fourth-order valence-electron chi connectivity index (χ4n) is 1.89. The van der Waals surface area contributed by atoms with E-state index in [1.165, 1.54) is 13.2 Å². The minimum atomic E-state index is -3.59. The SMILES string of the molecule is CCC(N=C1NS(=O)(=O)c2ccccc21)C(=O)NOC. The van der Waals surface area contributed by atoms with Gasteiger partial charge < -0.3 is 0 Å². The number of fused-ring (bicyclic) bond motifs is 1. The van der Waals surface area contributed by atoms with Crippen LogP contribution in [0.25, 0.3) is 0 Å². The van der Waals surface area contributed by atoms with Crippen LogP contribution in [0.1, 0.15) is 18.9 Å². The summed E-state index contributed by atoms with van der Waals surface area (Å²) in [4.78, 5) is 20.6. The van der Waals surface area contributed by atoms with Crippen molar-refractivity contribution in [3.63, 3.8) is 0 Å². The molecule has 2 N–H and O–H groups in total. The standard InChI is InChI=1S/C12H15N3O4S/c1-3-9(12(16)14-19-2)13-11-8-6-4-5-7-10(8)20(17,18)15-11/h4-7,9H,3H2,1-2H3,(H,13,15)(H,14,16). The summed E-state index contributed by atoms with van der Waals surface area (Å²) in [6, 6.07) is 5.77. The van der Waals surface area contributed by atoms with Crippen molar-refractivity contribution in [2.45, 2.75) is 24.3 Å². The first-order valence-electron chi connectivity index (χ1n) is 6.02. The Morgan fingerprint density at radius 2 is 2.15 bits per heavy atom. The molecule has 1 aliphatic rings. The molecular weight excluding hydrogens is 282 g/mol. The molecule has 0 aromatic heterocycles. The number of sulfonamides is 1. The van der Waals surface area contributed by atoms with E-state index < -0.39 is 22.0 Å². The van der Waals surface area contributed by atoms with Gasteiger partial charge >= 0.3 is 0 Å². The maximum atomic E-state index is 11.9. The van der Waals surface area contributed by atoms with Gasteiger partial charge in [-0.25, -0.2) is 13.9 Å². The smallest absolute Gasteiger partial charge is 0.268 e. The number of hydroxylamine groups is 1. The molecule has 0 saturated carbocycles. The lowest BCUT2D eigenvalue weighted by atomic mass is 10.2. The molecule has 0 spiro atoms. The van der Waals surface area contributed by atoms with E-state index in [4.69, 9.17) is 0 Å². The Labute approximate surface area is 117 Å². The number of rotatable bonds is 4. The number of amidine groups is 1. The Kier molecular flexibility index (Phi) is 4.05. The van der Waals surface area contributed by atoms with Gasteiger partial charge in [-0.1, -0.05) is 19.1 Å². The predicted molar refractivity (Wildman–Crippen MR) is 72.5 cm³/mol. The van der Waals surface area contributed by atoms with E-state index in [1.807, 2.05) is 0 Å². The first kappa shape index (κ1) is 14.5. The van der Waals surface area contributed by atoms with Crippen LogP contribution in [0.5, 0.6) is 0 Å². The average Bonchev–Trinajstić information content (AvgIpc) is 2.68. The number of nitrogens with zero attached hydrogens (tertiary/aromatic N) is 1. The number of carbonyl (C=O) groups excluding carboxylic acids is 1. The van der Waals surface area contributed by atoms with E-state index in [9.17, 15) is 13.2 Å². The van der Waals surface area contributed by atoms with Gasteiger partial charge in [0, 0.05) is 5.56 Å². The molecule has 7 nitrogen and oxygen atoms in total. The number of nitrogens with one attached hydrogen (secondary N) is 2. The largest absolute Gasteiger partial charge is 0.277 e. The molecular formula is C12H15N3O4S. The van der Waals surface area contributed by atoms with E-state index in [0.717, 1.165) is 0 Å². The summed E-state index contributed by atoms with van der Waals surface area (Å²) in [7, 11) is -2.27. The van der Waals surface area contributed by atoms with Crippen molar-refractivity contribution in [3.05, 3.63) is 29.8 Å². The van der Waals surface area contributed by atoms with Crippen LogP contribution in [0.4, 0.5) is 0 Å². The Bertz CT molecular complexity index is 654. The van der Waals surface area contributed by atoms with Crippen LogP contribution in [0.2, 0.25) is 0 Å². The van der Waals surface area contributed by atoms with E-state index >= 15 is 0 Å². The molecule has 1 aliphatic heterocycles. The molecule has 0 aliphatic carbocycles. The summed E-state index contributed by atoms with van der Waals surface area (Å²) >= 11 is 0. The molecule has 2 rings (SSSR count). The highest BCUT2D eigenvalue weighted by atomic mass is 32.2. The highest BCUT2D eigenvalue weighted by Crippen LogP contribution is 2.22. The molecule has 1 aromatic rings. The second kappa shape index (κ2) is 5.59. The fourth-order valence-corrected chi connectivity index (χ4v) is 3.13. The van der Waals surface area contributed by atoms with Crippen molar-refractivity contribution >= 4 is 21.8 Å². The van der Waals surface area contributed by atoms with E-state index in [0.29, 0.717) is 12.0 Å². The fraction of sp³-hybridized carbons (Fsp3) is 0.333. The van der Waals surface area contributed by atoms with Gasteiger partial charge in [0.25, 0.3) is 15.9 Å². The number of amides is 1. The predicted octanol–water partition coefficient (Wildman–Crippen LogP) is 0.181. The van der Waals surface area contributed by atoms with Crippen LogP contribution in [-0.2, 0) is 19.7 Å². The molecule has 1 unspecified atom stereocenters. The van der Waals surface area contributed by atoms with Gasteiger partial charge in [0.1, 0.15) is 11.9 Å². The molecule has 108 valence electrons. The molecule has 0 radical (unpaired) electrons. The van der Waals surface area contributed by atoms with Crippen molar-refractivity contribution < 1.29 is 18.0 Å². The molecule has 0 bridgehead atoms. The number of hydrogen-bond donors (Lipinski definition) is 2. The molecule has 1 amide bonds. The average molecular weight is 297 g/mol. The first-order valence-corrected chi connectivity index (χ1v) is 7.50. The third kappa shape index (κ3) is 2.66. The molecule has 1 atom stereocenters. The summed E-state index contributed by atoms with van der Waals surface area (Å²) in [6.07, 6.45) is 0.419. The van der Waals surface area contributed by atoms with Crippen molar-refractivity contribution in [3.8, 4) is 0 Å². The summed E-state index contributed by atoms with van der Waals surface area (Å²) in [6.45, 7) is 1.78. The number of benzene rings is 1. The van der Waals surface area contributed by atoms with Crippen molar-refractivity contribution in [2.24, 2.45) is 4.99 Å². The van der Waals surface area contributed by atoms with Crippen molar-refractivity contribution in [2.75, 3.05) is 7.11 Å². The van der Waals surface area contributed by atoms with Gasteiger partial charge in [-0.05, 0) is 18.6 Å². The van der Waals surface area contributed by atoms with Crippen LogP contribution in [0.15, 0.2) is 34.2 Å². The lowest BCUT2D eigenvalue weighted by molar-refractivity contribution is -0.132. The second-order valence-corrected chi connectivity index (χ2v) is 5.82. The van der Waals surface area contributed by atoms with Gasteiger partial charge in [-0.2, -0.15) is 0 Å². The van der Waals surface area contributed by atoms with Crippen LogP contribution in [0, 0.1) is 0 Å². The quantitative estimate of drug-likeness (QED) is 0.775. The zero-order valence-corrected chi connectivity index (χ0v) is 11.9. The summed E-state index contributed by atoms with van der Waals surface area (Å²) in [5.41, 5.74) is 2.66. The summed E-state index contributed by atoms with van der Waals surface area (Å²) < 4.78 is 26.2. The molecule has 0 saturated heterocycles. The lowest BCUT2D eigenvalue weighted by Gasteiger charge is -2.10.